The monoisotopic (exact) mass is 361 g/mol. The predicted molar refractivity (Wildman–Crippen MR) is 96.3 cm³/mol. The number of ether oxygens (including phenoxy) is 3. The molecule has 0 spiro atoms. The van der Waals surface area contributed by atoms with E-state index in [1.165, 1.54) is 11.0 Å². The fourth-order valence-electron chi connectivity index (χ4n) is 2.63. The number of carbonyl (C=O) groups is 1. The van der Waals surface area contributed by atoms with E-state index in [-0.39, 0.29) is 12.1 Å². The molecule has 1 aliphatic heterocycles. The molecule has 0 N–H and O–H groups in total. The summed E-state index contributed by atoms with van der Waals surface area (Å²) in [5, 5.41) is 0. The van der Waals surface area contributed by atoms with E-state index < -0.39 is 18.0 Å². The highest BCUT2D eigenvalue weighted by Gasteiger charge is 2.22. The molecular weight excluding hydrogens is 338 g/mol. The lowest BCUT2D eigenvalue weighted by Gasteiger charge is -2.24. The van der Waals surface area contributed by atoms with Crippen molar-refractivity contribution in [2.24, 2.45) is 0 Å². The van der Waals surface area contributed by atoms with E-state index in [4.69, 9.17) is 14.2 Å². The van der Waals surface area contributed by atoms with E-state index in [9.17, 15) is 9.59 Å². The Morgan fingerprint density at radius 2 is 2.04 bits per heavy atom. The topological polar surface area (TPSA) is 82.9 Å². The maximum absolute atomic E-state index is 12.3. The molecule has 0 saturated carbocycles. The highest BCUT2D eigenvalue weighted by Crippen LogP contribution is 2.21. The van der Waals surface area contributed by atoms with Gasteiger partial charge in [-0.25, -0.2) is 4.79 Å². The highest BCUT2D eigenvalue weighted by atomic mass is 16.7. The summed E-state index contributed by atoms with van der Waals surface area (Å²) in [4.78, 5) is 30.4. The van der Waals surface area contributed by atoms with Crippen LogP contribution in [0.5, 0.6) is 0 Å². The van der Waals surface area contributed by atoms with Crippen LogP contribution in [0.2, 0.25) is 0 Å². The summed E-state index contributed by atoms with van der Waals surface area (Å²) in [6.07, 6.45) is 0.611. The summed E-state index contributed by atoms with van der Waals surface area (Å²) in [5.74, 6) is 0. The molecule has 26 heavy (non-hydrogen) atoms. The van der Waals surface area contributed by atoms with Crippen molar-refractivity contribution >= 4 is 22.8 Å². The number of aromatic nitrogens is 2. The molecule has 2 aromatic rings. The predicted octanol–water partition coefficient (Wildman–Crippen LogP) is 2.14. The lowest BCUT2D eigenvalue weighted by atomic mass is 10.2. The van der Waals surface area contributed by atoms with Crippen LogP contribution in [-0.2, 0) is 20.8 Å². The Bertz CT molecular complexity index is 865. The highest BCUT2D eigenvalue weighted by molar-refractivity contribution is 5.89. The zero-order valence-electron chi connectivity index (χ0n) is 15.4. The second-order valence-corrected chi connectivity index (χ2v) is 7.09. The molecule has 0 radical (unpaired) electrons. The third-order valence-corrected chi connectivity index (χ3v) is 3.90. The van der Waals surface area contributed by atoms with Gasteiger partial charge < -0.3 is 18.8 Å². The summed E-state index contributed by atoms with van der Waals surface area (Å²) >= 11 is 0. The fourth-order valence-corrected chi connectivity index (χ4v) is 2.63. The Morgan fingerprint density at radius 3 is 2.69 bits per heavy atom. The summed E-state index contributed by atoms with van der Waals surface area (Å²) in [6, 6.07) is 4.85. The van der Waals surface area contributed by atoms with E-state index in [1.54, 1.807) is 50.7 Å². The molecule has 8 heteroatoms. The largest absolute Gasteiger partial charge is 0.443 e. The summed E-state index contributed by atoms with van der Waals surface area (Å²) in [6.45, 7) is 6.69. The van der Waals surface area contributed by atoms with Gasteiger partial charge in [0, 0.05) is 13.1 Å². The van der Waals surface area contributed by atoms with E-state index in [0.29, 0.717) is 29.9 Å². The Balaban J connectivity index is 1.96. The fraction of sp³-hybridized carbons (Fsp3) is 0.500. The second-order valence-electron chi connectivity index (χ2n) is 7.09. The van der Waals surface area contributed by atoms with Crippen molar-refractivity contribution in [2.45, 2.75) is 39.2 Å². The van der Waals surface area contributed by atoms with Crippen LogP contribution in [0.1, 0.15) is 20.8 Å². The van der Waals surface area contributed by atoms with Gasteiger partial charge in [-0.2, -0.15) is 0 Å². The minimum atomic E-state index is -0.602. The van der Waals surface area contributed by atoms with Gasteiger partial charge in [-0.3, -0.25) is 14.7 Å². The van der Waals surface area contributed by atoms with Crippen LogP contribution in [0, 0.1) is 0 Å². The summed E-state index contributed by atoms with van der Waals surface area (Å²) < 4.78 is 17.8. The van der Waals surface area contributed by atoms with E-state index in [2.05, 4.69) is 4.98 Å². The van der Waals surface area contributed by atoms with E-state index in [0.717, 1.165) is 0 Å². The van der Waals surface area contributed by atoms with Crippen molar-refractivity contribution in [2.75, 3.05) is 25.2 Å². The second kappa shape index (κ2) is 7.05. The van der Waals surface area contributed by atoms with Crippen LogP contribution in [-0.4, -0.2) is 47.8 Å². The van der Waals surface area contributed by atoms with Gasteiger partial charge >= 0.3 is 6.09 Å². The maximum atomic E-state index is 12.3. The maximum Gasteiger partial charge on any atom is 0.414 e. The molecule has 3 heterocycles. The number of nitrogens with zero attached hydrogens (tertiary/aromatic N) is 3. The molecule has 3 rings (SSSR count). The molecule has 1 saturated heterocycles. The molecule has 0 atom stereocenters. The van der Waals surface area contributed by atoms with Crippen molar-refractivity contribution in [3.63, 3.8) is 0 Å². The average molecular weight is 361 g/mol. The number of hydrogen-bond acceptors (Lipinski definition) is 6. The molecule has 0 aliphatic carbocycles. The van der Waals surface area contributed by atoms with Crippen LogP contribution >= 0.6 is 0 Å². The first-order valence-electron chi connectivity index (χ1n) is 8.44. The average Bonchev–Trinajstić information content (AvgIpc) is 3.08. The Morgan fingerprint density at radius 1 is 1.35 bits per heavy atom. The number of hydrogen-bond donors (Lipinski definition) is 0. The van der Waals surface area contributed by atoms with Gasteiger partial charge in [0.2, 0.25) is 0 Å². The molecule has 2 aromatic heterocycles. The molecule has 1 fully saturated rings. The SMILES string of the molecule is CN(C(=O)OC(C)(C)C)c1cnc2ccc(=O)n(CC3OCCO3)c2c1. The smallest absolute Gasteiger partial charge is 0.414 e. The number of anilines is 1. The van der Waals surface area contributed by atoms with Crippen LogP contribution in [0.3, 0.4) is 0 Å². The molecular formula is C18H23N3O5. The number of carbonyl (C=O) groups excluding carboxylic acids is 1. The first kappa shape index (κ1) is 18.3. The lowest BCUT2D eigenvalue weighted by molar-refractivity contribution is -0.0522. The number of rotatable bonds is 3. The molecule has 1 amide bonds. The van der Waals surface area contributed by atoms with Crippen molar-refractivity contribution in [1.82, 2.24) is 9.55 Å². The van der Waals surface area contributed by atoms with Gasteiger partial charge in [-0.1, -0.05) is 0 Å². The van der Waals surface area contributed by atoms with Gasteiger partial charge in [0.05, 0.1) is 42.7 Å². The van der Waals surface area contributed by atoms with Gasteiger partial charge in [-0.05, 0) is 32.9 Å². The first-order valence-corrected chi connectivity index (χ1v) is 8.44. The molecule has 0 bridgehead atoms. The first-order chi connectivity index (χ1) is 12.2. The third kappa shape index (κ3) is 4.03. The molecule has 0 aromatic carbocycles. The zero-order valence-corrected chi connectivity index (χ0v) is 15.4. The van der Waals surface area contributed by atoms with Crippen LogP contribution in [0.4, 0.5) is 10.5 Å². The zero-order chi connectivity index (χ0) is 18.9. The van der Waals surface area contributed by atoms with Gasteiger partial charge in [0.1, 0.15) is 5.60 Å². The molecule has 1 aliphatic rings. The molecule has 0 unspecified atom stereocenters. The van der Waals surface area contributed by atoms with Gasteiger partial charge in [-0.15, -0.1) is 0 Å². The minimum absolute atomic E-state index is 0.185. The van der Waals surface area contributed by atoms with Crippen molar-refractivity contribution < 1.29 is 19.0 Å². The van der Waals surface area contributed by atoms with E-state index >= 15 is 0 Å². The third-order valence-electron chi connectivity index (χ3n) is 3.90. The Kier molecular flexibility index (Phi) is 4.97. The van der Waals surface area contributed by atoms with Crippen LogP contribution in [0.15, 0.2) is 29.2 Å². The standard InChI is InChI=1S/C18H23N3O5/c1-18(2,3)26-17(23)20(4)12-9-14-13(19-10-12)5-6-15(22)21(14)11-16-24-7-8-25-16/h5-6,9-10,16H,7-8,11H2,1-4H3. The minimum Gasteiger partial charge on any atom is -0.443 e. The molecule has 140 valence electrons. The lowest BCUT2D eigenvalue weighted by Crippen LogP contribution is -2.34. The van der Waals surface area contributed by atoms with Gasteiger partial charge in [0.15, 0.2) is 6.29 Å². The van der Waals surface area contributed by atoms with Crippen LogP contribution < -0.4 is 10.5 Å². The number of fused-ring (bicyclic) bond motifs is 1. The summed E-state index contributed by atoms with van der Waals surface area (Å²) in [7, 11) is 1.60. The van der Waals surface area contributed by atoms with Crippen LogP contribution in [0.25, 0.3) is 11.0 Å². The van der Waals surface area contributed by atoms with Crippen molar-refractivity contribution in [1.29, 1.82) is 0 Å². The Labute approximate surface area is 151 Å². The normalized spacial score (nSPS) is 15.4. The van der Waals surface area contributed by atoms with E-state index in [1.807, 2.05) is 0 Å². The van der Waals surface area contributed by atoms with Crippen molar-refractivity contribution in [3.05, 3.63) is 34.7 Å². The molecule has 8 nitrogen and oxygen atoms in total. The number of amides is 1. The summed E-state index contributed by atoms with van der Waals surface area (Å²) in [5.41, 5.74) is 0.984. The quantitative estimate of drug-likeness (QED) is 0.833. The Hall–Kier alpha value is -2.45. The van der Waals surface area contributed by atoms with Gasteiger partial charge in [0.25, 0.3) is 5.56 Å². The van der Waals surface area contributed by atoms with Crippen molar-refractivity contribution in [3.8, 4) is 0 Å². The number of pyridine rings is 2.